The van der Waals surface area contributed by atoms with E-state index in [0.717, 1.165) is 17.5 Å². The molecule has 2 amide bonds. The molecule has 0 aliphatic carbocycles. The van der Waals surface area contributed by atoms with Crippen LogP contribution in [0.25, 0.3) is 0 Å². The van der Waals surface area contributed by atoms with Gasteiger partial charge in [0.25, 0.3) is 0 Å². The van der Waals surface area contributed by atoms with Crippen molar-refractivity contribution in [1.29, 1.82) is 0 Å². The van der Waals surface area contributed by atoms with E-state index in [1.165, 1.54) is 0 Å². The Morgan fingerprint density at radius 1 is 0.976 bits per heavy atom. The van der Waals surface area contributed by atoms with Crippen LogP contribution in [0.3, 0.4) is 0 Å². The minimum Gasteiger partial charge on any atom is -0.475 e. The molecule has 17 heteroatoms. The molecule has 2 atom stereocenters. The van der Waals surface area contributed by atoms with Crippen molar-refractivity contribution in [3.8, 4) is 0 Å². The van der Waals surface area contributed by atoms with E-state index in [-0.39, 0.29) is 11.8 Å². The number of halogens is 6. The number of carboxylic acids is 2. The van der Waals surface area contributed by atoms with Crippen LogP contribution in [0, 0.1) is 0 Å². The van der Waals surface area contributed by atoms with Crippen molar-refractivity contribution in [3.05, 3.63) is 59.8 Å². The Morgan fingerprint density at radius 3 is 2.00 bits per heavy atom. The molecule has 41 heavy (non-hydrogen) atoms. The monoisotopic (exact) mass is 595 g/mol. The van der Waals surface area contributed by atoms with E-state index in [0.29, 0.717) is 31.7 Å². The van der Waals surface area contributed by atoms with E-state index in [1.807, 2.05) is 30.3 Å². The topological polar surface area (TPSA) is 189 Å². The van der Waals surface area contributed by atoms with Crippen molar-refractivity contribution < 1.29 is 55.7 Å². The maximum absolute atomic E-state index is 12.8. The summed E-state index contributed by atoms with van der Waals surface area (Å²) in [5.74, 6) is -5.45. The minimum atomic E-state index is -5.08. The van der Waals surface area contributed by atoms with E-state index >= 15 is 0 Å². The molecule has 0 radical (unpaired) electrons. The molecule has 7 N–H and O–H groups in total. The Morgan fingerprint density at radius 2 is 1.51 bits per heavy atom. The van der Waals surface area contributed by atoms with Crippen LogP contribution in [-0.4, -0.2) is 74.8 Å². The number of anilines is 1. The number of likely N-dealkylation sites (tertiary alicyclic amines) is 1. The summed E-state index contributed by atoms with van der Waals surface area (Å²) in [4.78, 5) is 48.7. The van der Waals surface area contributed by atoms with Crippen LogP contribution in [0.5, 0.6) is 0 Å². The van der Waals surface area contributed by atoms with E-state index in [4.69, 9.17) is 31.3 Å². The summed E-state index contributed by atoms with van der Waals surface area (Å²) in [6.07, 6.45) is -6.66. The highest BCUT2D eigenvalue weighted by Crippen LogP contribution is 2.19. The second-order valence-corrected chi connectivity index (χ2v) is 8.40. The van der Waals surface area contributed by atoms with E-state index in [9.17, 15) is 35.9 Å². The number of amides is 2. The van der Waals surface area contributed by atoms with Crippen LogP contribution < -0.4 is 16.8 Å². The van der Waals surface area contributed by atoms with Gasteiger partial charge in [-0.25, -0.2) is 14.6 Å². The summed E-state index contributed by atoms with van der Waals surface area (Å²) in [6, 6.07) is 12.0. The summed E-state index contributed by atoms with van der Waals surface area (Å²) in [7, 11) is 0. The number of benzene rings is 1. The Labute approximate surface area is 229 Å². The fraction of sp³-hybridized carbons (Fsp3) is 0.375. The molecule has 0 spiro atoms. The fourth-order valence-electron chi connectivity index (χ4n) is 3.38. The van der Waals surface area contributed by atoms with Crippen molar-refractivity contribution in [2.24, 2.45) is 5.73 Å². The van der Waals surface area contributed by atoms with Crippen molar-refractivity contribution in [2.45, 2.75) is 50.2 Å². The number of carbonyl (C=O) groups is 4. The number of nitrogens with two attached hydrogens (primary N) is 2. The second kappa shape index (κ2) is 15.4. The number of nitrogen functional groups attached to an aromatic ring is 1. The maximum atomic E-state index is 12.8. The molecule has 0 bridgehead atoms. The highest BCUT2D eigenvalue weighted by atomic mass is 19.4. The molecule has 0 unspecified atom stereocenters. The number of carbonyl (C=O) groups excluding carboxylic acids is 2. The van der Waals surface area contributed by atoms with Crippen LogP contribution in [0.2, 0.25) is 0 Å². The van der Waals surface area contributed by atoms with Gasteiger partial charge >= 0.3 is 24.3 Å². The quantitative estimate of drug-likeness (QED) is 0.312. The Balaban J connectivity index is 0.000000497. The van der Waals surface area contributed by atoms with Gasteiger partial charge in [-0.05, 0) is 42.5 Å². The van der Waals surface area contributed by atoms with Crippen LogP contribution in [0.15, 0.2) is 48.7 Å². The first-order chi connectivity index (χ1) is 18.9. The predicted octanol–water partition coefficient (Wildman–Crippen LogP) is 2.11. The molecular formula is C24H27F6N5O6. The zero-order valence-corrected chi connectivity index (χ0v) is 21.2. The Bertz CT molecular complexity index is 1160. The molecule has 11 nitrogen and oxygen atoms in total. The van der Waals surface area contributed by atoms with Crippen molar-refractivity contribution in [2.75, 3.05) is 12.3 Å². The fourth-order valence-corrected chi connectivity index (χ4v) is 3.38. The van der Waals surface area contributed by atoms with Crippen LogP contribution in [-0.2, 0) is 32.1 Å². The molecule has 226 valence electrons. The molecule has 1 aliphatic heterocycles. The molecule has 1 aromatic carbocycles. The Kier molecular flexibility index (Phi) is 13.0. The first-order valence-corrected chi connectivity index (χ1v) is 11.6. The Hall–Kier alpha value is -4.41. The number of aromatic nitrogens is 1. The van der Waals surface area contributed by atoms with Gasteiger partial charge in [-0.3, -0.25) is 9.59 Å². The number of alkyl halides is 6. The third-order valence-corrected chi connectivity index (χ3v) is 5.25. The molecule has 1 aliphatic rings. The molecular weight excluding hydrogens is 568 g/mol. The summed E-state index contributed by atoms with van der Waals surface area (Å²) in [5.41, 5.74) is 13.7. The summed E-state index contributed by atoms with van der Waals surface area (Å²) >= 11 is 0. The smallest absolute Gasteiger partial charge is 0.475 e. The van der Waals surface area contributed by atoms with Gasteiger partial charge < -0.3 is 31.9 Å². The van der Waals surface area contributed by atoms with Crippen molar-refractivity contribution >= 4 is 29.6 Å². The van der Waals surface area contributed by atoms with Crippen LogP contribution >= 0.6 is 0 Å². The number of hydrogen-bond acceptors (Lipinski definition) is 7. The van der Waals surface area contributed by atoms with E-state index in [1.54, 1.807) is 23.2 Å². The normalized spacial score (nSPS) is 15.4. The number of hydrogen-bond donors (Lipinski definition) is 5. The molecule has 3 rings (SSSR count). The number of aliphatic carboxylic acids is 2. The molecule has 1 saturated heterocycles. The maximum Gasteiger partial charge on any atom is 0.490 e. The molecule has 1 fully saturated rings. The summed E-state index contributed by atoms with van der Waals surface area (Å²) in [5, 5.41) is 17.1. The van der Waals surface area contributed by atoms with Crippen molar-refractivity contribution in [3.63, 3.8) is 0 Å². The average Bonchev–Trinajstić information content (AvgIpc) is 3.37. The molecule has 2 aromatic rings. The minimum absolute atomic E-state index is 0.164. The van der Waals surface area contributed by atoms with E-state index in [2.05, 4.69) is 10.3 Å². The number of rotatable bonds is 6. The van der Waals surface area contributed by atoms with Crippen molar-refractivity contribution in [1.82, 2.24) is 15.2 Å². The second-order valence-electron chi connectivity index (χ2n) is 8.40. The summed E-state index contributed by atoms with van der Waals surface area (Å²) in [6.45, 7) is 0.905. The first-order valence-electron chi connectivity index (χ1n) is 11.6. The molecule has 2 heterocycles. The van der Waals surface area contributed by atoms with Gasteiger partial charge in [0.05, 0.1) is 6.04 Å². The van der Waals surface area contributed by atoms with Gasteiger partial charge in [0, 0.05) is 19.3 Å². The summed E-state index contributed by atoms with van der Waals surface area (Å²) < 4.78 is 63.5. The zero-order valence-electron chi connectivity index (χ0n) is 21.2. The number of carboxylic acid groups (broad SMARTS) is 2. The lowest BCUT2D eigenvalue weighted by atomic mass is 10.1. The largest absolute Gasteiger partial charge is 0.490 e. The SMILES string of the molecule is Nc1cc(CNC(=O)[C@@H]2CCCN2C(=O)[C@H](N)Cc2ccccc2)ccn1.O=C(O)C(F)(F)F.O=C(O)C(F)(F)F. The standard InChI is InChI=1S/C20H25N5O2.2C2HF3O2/c21-16(11-14-5-2-1-3-6-14)20(27)25-10-4-7-17(25)19(26)24-13-15-8-9-23-18(22)12-15;2*3-2(4,5)1(6)7/h1-3,5-6,8-9,12,16-17H,4,7,10-11,13,21H2,(H2,22,23)(H,24,26);2*(H,6,7)/t16-,17+;;/m1../s1. The van der Waals surface area contributed by atoms with Gasteiger partial charge in [-0.1, -0.05) is 30.3 Å². The lowest BCUT2D eigenvalue weighted by Crippen LogP contribution is -2.51. The predicted molar refractivity (Wildman–Crippen MR) is 131 cm³/mol. The van der Waals surface area contributed by atoms with Crippen LogP contribution in [0.1, 0.15) is 24.0 Å². The number of nitrogens with zero attached hydrogens (tertiary/aromatic N) is 2. The zero-order chi connectivity index (χ0) is 31.4. The van der Waals surface area contributed by atoms with E-state index < -0.39 is 36.4 Å². The average molecular weight is 595 g/mol. The highest BCUT2D eigenvalue weighted by molar-refractivity contribution is 5.90. The van der Waals surface area contributed by atoms with Gasteiger partial charge in [-0.15, -0.1) is 0 Å². The number of pyridine rings is 1. The third kappa shape index (κ3) is 12.5. The highest BCUT2D eigenvalue weighted by Gasteiger charge is 2.39. The lowest BCUT2D eigenvalue weighted by molar-refractivity contribution is -0.193. The first kappa shape index (κ1) is 34.6. The third-order valence-electron chi connectivity index (χ3n) is 5.25. The van der Waals surface area contributed by atoms with Crippen LogP contribution in [0.4, 0.5) is 32.2 Å². The van der Waals surface area contributed by atoms with Gasteiger partial charge in [0.15, 0.2) is 0 Å². The molecule has 0 saturated carbocycles. The van der Waals surface area contributed by atoms with Gasteiger partial charge in [0.2, 0.25) is 11.8 Å². The number of nitrogens with one attached hydrogen (secondary N) is 1. The lowest BCUT2D eigenvalue weighted by Gasteiger charge is -2.26. The van der Waals surface area contributed by atoms with Gasteiger partial charge in [-0.2, -0.15) is 26.3 Å². The van der Waals surface area contributed by atoms with Gasteiger partial charge in [0.1, 0.15) is 11.9 Å². The molecule has 1 aromatic heterocycles.